The van der Waals surface area contributed by atoms with E-state index in [0.717, 1.165) is 63.1 Å². The largest absolute Gasteiger partial charge is 0.493 e. The van der Waals surface area contributed by atoms with Gasteiger partial charge >= 0.3 is 0 Å². The Balaban J connectivity index is 1.45. The number of benzene rings is 2. The molecule has 1 saturated heterocycles. The van der Waals surface area contributed by atoms with Crippen molar-refractivity contribution in [3.63, 3.8) is 0 Å². The van der Waals surface area contributed by atoms with Crippen LogP contribution in [0.5, 0.6) is 11.5 Å². The van der Waals surface area contributed by atoms with E-state index in [4.69, 9.17) is 32.7 Å². The maximum Gasteiger partial charge on any atom is 0.162 e. The Bertz CT molecular complexity index is 1090. The van der Waals surface area contributed by atoms with E-state index in [0.29, 0.717) is 39.7 Å². The third-order valence-corrected chi connectivity index (χ3v) is 6.22. The standard InChI is InChI=1S/C24H30Cl2N6O2/c1-33-22-15-21-18(24(30-16-29-21)31-20-4-3-17(25)13-19(20)26)14-23(22)34-12-2-9-32-10-7-27-5-6-28-8-11-32/h3-4,13-16,27-28H,2,5-12H2,1H3,(H,29,30,31). The average Bonchev–Trinajstić information content (AvgIpc) is 2.97. The predicted molar refractivity (Wildman–Crippen MR) is 138 cm³/mol. The lowest BCUT2D eigenvalue weighted by Gasteiger charge is -2.21. The van der Waals surface area contributed by atoms with Gasteiger partial charge in [-0.2, -0.15) is 0 Å². The van der Waals surface area contributed by atoms with Crippen molar-refractivity contribution in [3.8, 4) is 11.5 Å². The van der Waals surface area contributed by atoms with Crippen LogP contribution in [0.15, 0.2) is 36.7 Å². The second-order valence-corrected chi connectivity index (χ2v) is 8.88. The first kappa shape index (κ1) is 24.8. The number of fused-ring (bicyclic) bond motifs is 1. The molecule has 2 heterocycles. The SMILES string of the molecule is COc1cc2ncnc(Nc3ccc(Cl)cc3Cl)c2cc1OCCCN1CCNCCNCC1. The topological polar surface area (TPSA) is 83.6 Å². The van der Waals surface area contributed by atoms with Crippen LogP contribution in [0.2, 0.25) is 10.0 Å². The second kappa shape index (κ2) is 12.4. The van der Waals surface area contributed by atoms with E-state index in [-0.39, 0.29) is 0 Å². The van der Waals surface area contributed by atoms with Gasteiger partial charge in [0.15, 0.2) is 11.5 Å². The molecule has 1 aliphatic rings. The number of hydrogen-bond acceptors (Lipinski definition) is 8. The van der Waals surface area contributed by atoms with Crippen LogP contribution in [-0.4, -0.2) is 74.4 Å². The van der Waals surface area contributed by atoms with Crippen molar-refractivity contribution in [2.75, 3.05) is 64.8 Å². The second-order valence-electron chi connectivity index (χ2n) is 8.04. The monoisotopic (exact) mass is 504 g/mol. The van der Waals surface area contributed by atoms with Crippen molar-refractivity contribution in [3.05, 3.63) is 46.7 Å². The van der Waals surface area contributed by atoms with Gasteiger partial charge in [0.05, 0.1) is 29.9 Å². The summed E-state index contributed by atoms with van der Waals surface area (Å²) >= 11 is 12.4. The van der Waals surface area contributed by atoms with Crippen LogP contribution in [0.3, 0.4) is 0 Å². The van der Waals surface area contributed by atoms with Gasteiger partial charge in [0.1, 0.15) is 12.1 Å². The highest BCUT2D eigenvalue weighted by atomic mass is 35.5. The molecule has 3 aromatic rings. The molecule has 0 bridgehead atoms. The molecule has 0 unspecified atom stereocenters. The number of nitrogens with one attached hydrogen (secondary N) is 3. The van der Waals surface area contributed by atoms with Gasteiger partial charge in [0.25, 0.3) is 0 Å². The Morgan fingerprint density at radius 1 is 1.00 bits per heavy atom. The highest BCUT2D eigenvalue weighted by molar-refractivity contribution is 6.36. The van der Waals surface area contributed by atoms with E-state index >= 15 is 0 Å². The van der Waals surface area contributed by atoms with Crippen LogP contribution in [0, 0.1) is 0 Å². The molecule has 0 amide bonds. The minimum absolute atomic E-state index is 0.509. The third kappa shape index (κ3) is 6.61. The van der Waals surface area contributed by atoms with E-state index in [9.17, 15) is 0 Å². The number of aromatic nitrogens is 2. The van der Waals surface area contributed by atoms with E-state index in [2.05, 4.69) is 30.8 Å². The Morgan fingerprint density at radius 3 is 2.53 bits per heavy atom. The van der Waals surface area contributed by atoms with Crippen LogP contribution in [0.1, 0.15) is 6.42 Å². The molecule has 0 atom stereocenters. The summed E-state index contributed by atoms with van der Waals surface area (Å²) in [6.07, 6.45) is 2.42. The number of nitrogens with zero attached hydrogens (tertiary/aromatic N) is 3. The predicted octanol–water partition coefficient (Wildman–Crippen LogP) is 3.95. The van der Waals surface area contributed by atoms with Gasteiger partial charge in [-0.15, -0.1) is 0 Å². The summed E-state index contributed by atoms with van der Waals surface area (Å²) in [4.78, 5) is 11.3. The maximum atomic E-state index is 6.34. The lowest BCUT2D eigenvalue weighted by molar-refractivity contribution is 0.233. The Kier molecular flexibility index (Phi) is 9.01. The third-order valence-electron chi connectivity index (χ3n) is 5.67. The molecule has 10 heteroatoms. The van der Waals surface area contributed by atoms with Crippen LogP contribution >= 0.6 is 23.2 Å². The van der Waals surface area contributed by atoms with Crippen molar-refractivity contribution in [2.45, 2.75) is 6.42 Å². The van der Waals surface area contributed by atoms with E-state index in [1.54, 1.807) is 19.2 Å². The van der Waals surface area contributed by atoms with Crippen LogP contribution in [0.25, 0.3) is 10.9 Å². The summed E-state index contributed by atoms with van der Waals surface area (Å²) in [6, 6.07) is 9.05. The Morgan fingerprint density at radius 2 is 1.79 bits per heavy atom. The van der Waals surface area contributed by atoms with Crippen molar-refractivity contribution in [1.82, 2.24) is 25.5 Å². The molecule has 2 aromatic carbocycles. The van der Waals surface area contributed by atoms with Gasteiger partial charge in [-0.05, 0) is 30.7 Å². The molecule has 8 nitrogen and oxygen atoms in total. The normalized spacial score (nSPS) is 15.4. The summed E-state index contributed by atoms with van der Waals surface area (Å²) in [6.45, 7) is 7.69. The quantitative estimate of drug-likeness (QED) is 0.397. The van der Waals surface area contributed by atoms with E-state index < -0.39 is 0 Å². The maximum absolute atomic E-state index is 6.34. The fraction of sp³-hybridized carbons (Fsp3) is 0.417. The first-order valence-corrected chi connectivity index (χ1v) is 12.2. The van der Waals surface area contributed by atoms with Gasteiger partial charge < -0.3 is 30.3 Å². The first-order valence-electron chi connectivity index (χ1n) is 11.5. The molecule has 0 aliphatic carbocycles. The number of rotatable bonds is 8. The van der Waals surface area contributed by atoms with Crippen LogP contribution in [0.4, 0.5) is 11.5 Å². The van der Waals surface area contributed by atoms with Crippen molar-refractivity contribution in [2.24, 2.45) is 0 Å². The zero-order valence-corrected chi connectivity index (χ0v) is 20.8. The summed E-state index contributed by atoms with van der Waals surface area (Å²) in [7, 11) is 1.63. The van der Waals surface area contributed by atoms with Gasteiger partial charge in [-0.3, -0.25) is 0 Å². The molecule has 0 saturated carbocycles. The van der Waals surface area contributed by atoms with Crippen LogP contribution in [-0.2, 0) is 0 Å². The molecule has 34 heavy (non-hydrogen) atoms. The average molecular weight is 505 g/mol. The Hall–Kier alpha value is -2.36. The minimum atomic E-state index is 0.509. The smallest absolute Gasteiger partial charge is 0.162 e. The highest BCUT2D eigenvalue weighted by Crippen LogP contribution is 2.36. The summed E-state index contributed by atoms with van der Waals surface area (Å²) in [5, 5.41) is 12.1. The van der Waals surface area contributed by atoms with Crippen molar-refractivity contribution >= 4 is 45.6 Å². The molecule has 0 spiro atoms. The highest BCUT2D eigenvalue weighted by Gasteiger charge is 2.13. The number of methoxy groups -OCH3 is 1. The fourth-order valence-electron chi connectivity index (χ4n) is 3.86. The van der Waals surface area contributed by atoms with Gasteiger partial charge in [-0.1, -0.05) is 23.2 Å². The zero-order chi connectivity index (χ0) is 23.8. The molecular formula is C24H30Cl2N6O2. The lowest BCUT2D eigenvalue weighted by atomic mass is 10.2. The van der Waals surface area contributed by atoms with Crippen molar-refractivity contribution < 1.29 is 9.47 Å². The minimum Gasteiger partial charge on any atom is -0.493 e. The molecule has 182 valence electrons. The van der Waals surface area contributed by atoms with E-state index in [1.165, 1.54) is 6.33 Å². The fourth-order valence-corrected chi connectivity index (χ4v) is 4.32. The molecular weight excluding hydrogens is 475 g/mol. The van der Waals surface area contributed by atoms with E-state index in [1.807, 2.05) is 18.2 Å². The van der Waals surface area contributed by atoms with Gasteiger partial charge in [0.2, 0.25) is 0 Å². The zero-order valence-electron chi connectivity index (χ0n) is 19.2. The number of hydrogen-bond donors (Lipinski definition) is 3. The first-order chi connectivity index (χ1) is 16.6. The molecule has 1 aliphatic heterocycles. The van der Waals surface area contributed by atoms with Crippen LogP contribution < -0.4 is 25.4 Å². The molecule has 1 aromatic heterocycles. The Labute approximate surface area is 209 Å². The number of ether oxygens (including phenoxy) is 2. The molecule has 3 N–H and O–H groups in total. The summed E-state index contributed by atoms with van der Waals surface area (Å²) < 4.78 is 11.7. The number of halogens is 2. The van der Waals surface area contributed by atoms with Gasteiger partial charge in [-0.25, -0.2) is 9.97 Å². The van der Waals surface area contributed by atoms with Gasteiger partial charge in [0, 0.05) is 62.3 Å². The van der Waals surface area contributed by atoms with Crippen molar-refractivity contribution in [1.29, 1.82) is 0 Å². The molecule has 0 radical (unpaired) electrons. The molecule has 1 fully saturated rings. The lowest BCUT2D eigenvalue weighted by Crippen LogP contribution is -2.35. The number of anilines is 2. The summed E-state index contributed by atoms with van der Waals surface area (Å²) in [5.74, 6) is 1.92. The summed E-state index contributed by atoms with van der Waals surface area (Å²) in [5.41, 5.74) is 1.45. The molecule has 4 rings (SSSR count).